The Labute approximate surface area is 101 Å². The number of hydrogen-bond acceptors (Lipinski definition) is 4. The molecule has 0 saturated carbocycles. The molecule has 0 bridgehead atoms. The number of nitrogens with zero attached hydrogens (tertiary/aromatic N) is 4. The van der Waals surface area contributed by atoms with Crippen LogP contribution in [0.3, 0.4) is 0 Å². The van der Waals surface area contributed by atoms with E-state index in [1.807, 2.05) is 44.6 Å². The van der Waals surface area contributed by atoms with Gasteiger partial charge in [0.2, 0.25) is 5.95 Å². The lowest BCUT2D eigenvalue weighted by atomic mass is 10.3. The third kappa shape index (κ3) is 2.27. The van der Waals surface area contributed by atoms with Crippen LogP contribution in [0, 0.1) is 20.8 Å². The molecule has 0 atom stereocenters. The number of anilines is 1. The van der Waals surface area contributed by atoms with Crippen molar-refractivity contribution in [2.75, 3.05) is 11.9 Å². The number of nitrogens with one attached hydrogen (secondary N) is 1. The molecule has 2 rings (SSSR count). The Bertz CT molecular complexity index is 530. The molecule has 2 heterocycles. The van der Waals surface area contributed by atoms with Crippen LogP contribution >= 0.6 is 0 Å². The Morgan fingerprint density at radius 2 is 2.06 bits per heavy atom. The van der Waals surface area contributed by atoms with Crippen LogP contribution in [0.1, 0.15) is 23.9 Å². The number of rotatable bonds is 3. The van der Waals surface area contributed by atoms with Crippen LogP contribution in [0.15, 0.2) is 12.3 Å². The molecule has 5 nitrogen and oxygen atoms in total. The van der Waals surface area contributed by atoms with E-state index in [-0.39, 0.29) is 0 Å². The smallest absolute Gasteiger partial charge is 0.224 e. The Kier molecular flexibility index (Phi) is 3.08. The van der Waals surface area contributed by atoms with Crippen molar-refractivity contribution in [1.29, 1.82) is 0 Å². The maximum absolute atomic E-state index is 4.48. The lowest BCUT2D eigenvalue weighted by Gasteiger charge is -2.09. The van der Waals surface area contributed by atoms with Crippen molar-refractivity contribution >= 4 is 5.95 Å². The first-order valence-electron chi connectivity index (χ1n) is 5.73. The van der Waals surface area contributed by atoms with Gasteiger partial charge in [-0.3, -0.25) is 0 Å². The van der Waals surface area contributed by atoms with Gasteiger partial charge >= 0.3 is 0 Å². The first kappa shape index (κ1) is 11.6. The molecule has 0 unspecified atom stereocenters. The topological polar surface area (TPSA) is 55.6 Å². The van der Waals surface area contributed by atoms with E-state index in [4.69, 9.17) is 0 Å². The highest BCUT2D eigenvalue weighted by atomic mass is 15.3. The van der Waals surface area contributed by atoms with Gasteiger partial charge in [0.25, 0.3) is 0 Å². The minimum atomic E-state index is 0.639. The van der Waals surface area contributed by atoms with Gasteiger partial charge in [0.15, 0.2) is 5.82 Å². The average Bonchev–Trinajstić information content (AvgIpc) is 2.61. The van der Waals surface area contributed by atoms with E-state index in [1.165, 1.54) is 0 Å². The van der Waals surface area contributed by atoms with Crippen LogP contribution in [-0.2, 0) is 0 Å². The summed E-state index contributed by atoms with van der Waals surface area (Å²) in [6.07, 6.45) is 1.82. The minimum Gasteiger partial charge on any atom is -0.354 e. The van der Waals surface area contributed by atoms with Gasteiger partial charge in [-0.2, -0.15) is 10.1 Å². The lowest BCUT2D eigenvalue weighted by Crippen LogP contribution is -2.09. The predicted molar refractivity (Wildman–Crippen MR) is 67.5 cm³/mol. The second-order valence-electron chi connectivity index (χ2n) is 4.07. The highest BCUT2D eigenvalue weighted by Gasteiger charge is 2.09. The van der Waals surface area contributed by atoms with Crippen molar-refractivity contribution in [3.05, 3.63) is 29.2 Å². The van der Waals surface area contributed by atoms with E-state index in [1.54, 1.807) is 0 Å². The summed E-state index contributed by atoms with van der Waals surface area (Å²) in [5, 5.41) is 7.55. The van der Waals surface area contributed by atoms with Crippen LogP contribution in [0.25, 0.3) is 5.82 Å². The van der Waals surface area contributed by atoms with E-state index in [9.17, 15) is 0 Å². The summed E-state index contributed by atoms with van der Waals surface area (Å²) in [6, 6.07) is 2.04. The molecule has 0 aliphatic rings. The summed E-state index contributed by atoms with van der Waals surface area (Å²) < 4.78 is 1.85. The average molecular weight is 231 g/mol. The Morgan fingerprint density at radius 1 is 1.29 bits per heavy atom. The van der Waals surface area contributed by atoms with Crippen LogP contribution in [0.5, 0.6) is 0 Å². The lowest BCUT2D eigenvalue weighted by molar-refractivity contribution is 0.793. The highest BCUT2D eigenvalue weighted by Crippen LogP contribution is 2.14. The Hall–Kier alpha value is -1.91. The summed E-state index contributed by atoms with van der Waals surface area (Å²) in [5.74, 6) is 1.47. The predicted octanol–water partition coefficient (Wildman–Crippen LogP) is 2.02. The normalized spacial score (nSPS) is 10.6. The molecule has 0 amide bonds. The second-order valence-corrected chi connectivity index (χ2v) is 4.07. The molecule has 0 aliphatic heterocycles. The fourth-order valence-electron chi connectivity index (χ4n) is 1.73. The molecule has 0 spiro atoms. The van der Waals surface area contributed by atoms with Crippen molar-refractivity contribution < 1.29 is 0 Å². The van der Waals surface area contributed by atoms with Crippen molar-refractivity contribution in [2.45, 2.75) is 27.7 Å². The molecule has 5 heteroatoms. The Balaban J connectivity index is 2.50. The molecule has 2 aromatic rings. The van der Waals surface area contributed by atoms with Gasteiger partial charge in [-0.25, -0.2) is 9.67 Å². The summed E-state index contributed by atoms with van der Waals surface area (Å²) >= 11 is 0. The van der Waals surface area contributed by atoms with Crippen LogP contribution in [-0.4, -0.2) is 26.3 Å². The van der Waals surface area contributed by atoms with Crippen molar-refractivity contribution in [3.63, 3.8) is 0 Å². The molecule has 90 valence electrons. The minimum absolute atomic E-state index is 0.639. The van der Waals surface area contributed by atoms with Gasteiger partial charge in [0.1, 0.15) is 0 Å². The summed E-state index contributed by atoms with van der Waals surface area (Å²) in [5.41, 5.74) is 3.08. The van der Waals surface area contributed by atoms with Crippen molar-refractivity contribution in [3.8, 4) is 5.82 Å². The second kappa shape index (κ2) is 4.53. The van der Waals surface area contributed by atoms with E-state index >= 15 is 0 Å². The highest BCUT2D eigenvalue weighted by molar-refractivity contribution is 5.38. The summed E-state index contributed by atoms with van der Waals surface area (Å²) in [6.45, 7) is 8.81. The molecule has 17 heavy (non-hydrogen) atoms. The molecule has 0 radical (unpaired) electrons. The van der Waals surface area contributed by atoms with Crippen LogP contribution < -0.4 is 5.32 Å². The van der Waals surface area contributed by atoms with Crippen molar-refractivity contribution in [1.82, 2.24) is 19.7 Å². The van der Waals surface area contributed by atoms with E-state index in [0.717, 1.165) is 29.3 Å². The van der Waals surface area contributed by atoms with Gasteiger partial charge < -0.3 is 5.32 Å². The first-order chi connectivity index (χ1) is 8.11. The maximum atomic E-state index is 4.48. The Morgan fingerprint density at radius 3 is 2.65 bits per heavy atom. The van der Waals surface area contributed by atoms with Crippen LogP contribution in [0.2, 0.25) is 0 Å². The standard InChI is InChI=1S/C12H17N5/c1-5-13-12-14-7-8(2)11(15-12)17-10(4)6-9(3)16-17/h6-7H,5H2,1-4H3,(H,13,14,15). The molecule has 0 fully saturated rings. The zero-order chi connectivity index (χ0) is 12.4. The van der Waals surface area contributed by atoms with Gasteiger partial charge in [-0.1, -0.05) is 0 Å². The van der Waals surface area contributed by atoms with Crippen LogP contribution in [0.4, 0.5) is 5.95 Å². The van der Waals surface area contributed by atoms with E-state index in [0.29, 0.717) is 5.95 Å². The molecule has 2 aromatic heterocycles. The largest absolute Gasteiger partial charge is 0.354 e. The van der Waals surface area contributed by atoms with Gasteiger partial charge in [-0.15, -0.1) is 0 Å². The summed E-state index contributed by atoms with van der Waals surface area (Å²) in [4.78, 5) is 8.71. The van der Waals surface area contributed by atoms with Gasteiger partial charge in [-0.05, 0) is 33.8 Å². The van der Waals surface area contributed by atoms with Crippen molar-refractivity contribution in [2.24, 2.45) is 0 Å². The fraction of sp³-hybridized carbons (Fsp3) is 0.417. The van der Waals surface area contributed by atoms with E-state index < -0.39 is 0 Å². The third-order valence-electron chi connectivity index (χ3n) is 2.49. The van der Waals surface area contributed by atoms with Gasteiger partial charge in [0, 0.05) is 24.0 Å². The first-order valence-corrected chi connectivity index (χ1v) is 5.73. The molecular formula is C12H17N5. The molecule has 0 aliphatic carbocycles. The van der Waals surface area contributed by atoms with E-state index in [2.05, 4.69) is 20.4 Å². The number of hydrogen-bond donors (Lipinski definition) is 1. The van der Waals surface area contributed by atoms with Gasteiger partial charge in [0.05, 0.1) is 5.69 Å². The zero-order valence-electron chi connectivity index (χ0n) is 10.7. The molecular weight excluding hydrogens is 214 g/mol. The molecule has 0 saturated heterocycles. The quantitative estimate of drug-likeness (QED) is 0.878. The monoisotopic (exact) mass is 231 g/mol. The molecule has 1 N–H and O–H groups in total. The SMILES string of the molecule is CCNc1ncc(C)c(-n2nc(C)cc2C)n1. The fourth-order valence-corrected chi connectivity index (χ4v) is 1.73. The third-order valence-corrected chi connectivity index (χ3v) is 2.49. The number of aryl methyl sites for hydroxylation is 3. The molecule has 0 aromatic carbocycles. The summed E-state index contributed by atoms with van der Waals surface area (Å²) in [7, 11) is 0. The maximum Gasteiger partial charge on any atom is 0.224 e. The number of aromatic nitrogens is 4. The zero-order valence-corrected chi connectivity index (χ0v) is 10.7.